The van der Waals surface area contributed by atoms with E-state index in [-0.39, 0.29) is 28.9 Å². The highest BCUT2D eigenvalue weighted by Gasteiger charge is 2.19. The fourth-order valence-corrected chi connectivity index (χ4v) is 3.35. The van der Waals surface area contributed by atoms with E-state index in [1.54, 1.807) is 30.6 Å². The maximum Gasteiger partial charge on any atom is 0.238 e. The average molecular weight is 517 g/mol. The molecule has 0 radical (unpaired) electrons. The zero-order chi connectivity index (χ0) is 19.3. The largest absolute Gasteiger partial charge is 0.370 e. The monoisotopic (exact) mass is 517 g/mol. The molecule has 2 heterocycles. The molecular formula is C17H24IN7O2S. The fourth-order valence-electron chi connectivity index (χ4n) is 2.84. The lowest BCUT2D eigenvalue weighted by molar-refractivity contribution is 0.378. The number of anilines is 1. The summed E-state index contributed by atoms with van der Waals surface area (Å²) in [6.45, 7) is 3.63. The molecule has 1 aliphatic heterocycles. The van der Waals surface area contributed by atoms with Gasteiger partial charge >= 0.3 is 0 Å². The van der Waals surface area contributed by atoms with Crippen LogP contribution in [-0.4, -0.2) is 62.0 Å². The minimum atomic E-state index is -3.66. The number of hydrogen-bond acceptors (Lipinski definition) is 6. The Morgan fingerprint density at radius 1 is 1.07 bits per heavy atom. The standard InChI is InChI=1S/C17H23N7O2S.HI/c18-16(20-9-6-14-2-4-15(5-3-14)27(19,25)26)23-10-12-24(13-11-23)17-21-7-1-8-22-17;/h1-5,7-8H,6,9-13H2,(H2,18,20)(H2,19,25,26);1H. The number of aliphatic imine (C=N–C) groups is 1. The maximum absolute atomic E-state index is 11.3. The van der Waals surface area contributed by atoms with Gasteiger partial charge in [0.05, 0.1) is 4.90 Å². The number of guanidine groups is 1. The summed E-state index contributed by atoms with van der Waals surface area (Å²) in [4.78, 5) is 17.2. The van der Waals surface area contributed by atoms with Crippen LogP contribution in [0.1, 0.15) is 5.56 Å². The van der Waals surface area contributed by atoms with Crippen molar-refractivity contribution in [3.8, 4) is 0 Å². The minimum Gasteiger partial charge on any atom is -0.370 e. The smallest absolute Gasteiger partial charge is 0.238 e. The highest BCUT2D eigenvalue weighted by molar-refractivity contribution is 14.0. The molecular weight excluding hydrogens is 493 g/mol. The molecule has 152 valence electrons. The number of piperazine rings is 1. The van der Waals surface area contributed by atoms with Gasteiger partial charge in [-0.15, -0.1) is 24.0 Å². The van der Waals surface area contributed by atoms with Crippen molar-refractivity contribution in [1.82, 2.24) is 14.9 Å². The number of benzene rings is 1. The van der Waals surface area contributed by atoms with Gasteiger partial charge in [-0.3, -0.25) is 4.99 Å². The van der Waals surface area contributed by atoms with E-state index >= 15 is 0 Å². The van der Waals surface area contributed by atoms with Crippen LogP contribution in [0.4, 0.5) is 5.95 Å². The molecule has 0 amide bonds. The van der Waals surface area contributed by atoms with Crippen LogP contribution in [-0.2, 0) is 16.4 Å². The highest BCUT2D eigenvalue weighted by atomic mass is 127. The molecule has 1 fully saturated rings. The quantitative estimate of drug-likeness (QED) is 0.334. The Balaban J connectivity index is 0.00000280. The lowest BCUT2D eigenvalue weighted by atomic mass is 10.1. The normalized spacial score (nSPS) is 15.2. The lowest BCUT2D eigenvalue weighted by Crippen LogP contribution is -2.51. The molecule has 1 aromatic heterocycles. The molecule has 0 bridgehead atoms. The van der Waals surface area contributed by atoms with Crippen LogP contribution in [0.15, 0.2) is 52.6 Å². The first-order valence-electron chi connectivity index (χ1n) is 8.62. The van der Waals surface area contributed by atoms with E-state index in [1.165, 1.54) is 12.1 Å². The number of rotatable bonds is 5. The van der Waals surface area contributed by atoms with E-state index in [0.29, 0.717) is 18.9 Å². The summed E-state index contributed by atoms with van der Waals surface area (Å²) < 4.78 is 22.5. The molecule has 0 saturated carbocycles. The Kier molecular flexibility index (Phi) is 7.95. The fraction of sp³-hybridized carbons (Fsp3) is 0.353. The van der Waals surface area contributed by atoms with Crippen LogP contribution in [0.5, 0.6) is 0 Å². The van der Waals surface area contributed by atoms with Crippen molar-refractivity contribution in [3.05, 3.63) is 48.3 Å². The van der Waals surface area contributed by atoms with Crippen LogP contribution < -0.4 is 15.8 Å². The molecule has 2 aromatic rings. The average Bonchev–Trinajstić information content (AvgIpc) is 2.68. The summed E-state index contributed by atoms with van der Waals surface area (Å²) in [7, 11) is -3.66. The van der Waals surface area contributed by atoms with Crippen molar-refractivity contribution < 1.29 is 8.42 Å². The van der Waals surface area contributed by atoms with E-state index in [4.69, 9.17) is 10.9 Å². The first kappa shape index (κ1) is 22.3. The summed E-state index contributed by atoms with van der Waals surface area (Å²) in [5, 5.41) is 5.09. The van der Waals surface area contributed by atoms with Gasteiger partial charge in [0.25, 0.3) is 0 Å². The molecule has 4 N–H and O–H groups in total. The van der Waals surface area contributed by atoms with Crippen molar-refractivity contribution >= 4 is 45.9 Å². The first-order chi connectivity index (χ1) is 12.9. The van der Waals surface area contributed by atoms with Crippen LogP contribution in [0.25, 0.3) is 0 Å². The molecule has 28 heavy (non-hydrogen) atoms. The Bertz CT molecular complexity index is 883. The summed E-state index contributed by atoms with van der Waals surface area (Å²) >= 11 is 0. The zero-order valence-electron chi connectivity index (χ0n) is 15.3. The van der Waals surface area contributed by atoms with Crippen LogP contribution in [0.3, 0.4) is 0 Å². The molecule has 9 nitrogen and oxygen atoms in total. The number of nitrogens with zero attached hydrogens (tertiary/aromatic N) is 5. The Hall–Kier alpha value is -1.99. The molecule has 3 rings (SSSR count). The van der Waals surface area contributed by atoms with Crippen molar-refractivity contribution in [2.75, 3.05) is 37.6 Å². The van der Waals surface area contributed by atoms with E-state index in [9.17, 15) is 8.42 Å². The van der Waals surface area contributed by atoms with Gasteiger partial charge in [-0.1, -0.05) is 12.1 Å². The van der Waals surface area contributed by atoms with Gasteiger partial charge in [-0.25, -0.2) is 23.5 Å². The van der Waals surface area contributed by atoms with Gasteiger partial charge in [0.15, 0.2) is 5.96 Å². The van der Waals surface area contributed by atoms with Crippen molar-refractivity contribution in [1.29, 1.82) is 0 Å². The molecule has 0 spiro atoms. The third-order valence-corrected chi connectivity index (χ3v) is 5.29. The van der Waals surface area contributed by atoms with Crippen molar-refractivity contribution in [3.63, 3.8) is 0 Å². The zero-order valence-corrected chi connectivity index (χ0v) is 18.5. The Labute approximate surface area is 181 Å². The van der Waals surface area contributed by atoms with E-state index in [1.807, 2.05) is 4.90 Å². The summed E-state index contributed by atoms with van der Waals surface area (Å²) in [5.41, 5.74) is 7.09. The molecule has 1 aromatic carbocycles. The first-order valence-corrected chi connectivity index (χ1v) is 10.2. The molecule has 0 unspecified atom stereocenters. The minimum absolute atomic E-state index is 0. The molecule has 0 atom stereocenters. The summed E-state index contributed by atoms with van der Waals surface area (Å²) in [6, 6.07) is 8.28. The molecule has 11 heteroatoms. The maximum atomic E-state index is 11.3. The van der Waals surface area contributed by atoms with E-state index in [2.05, 4.69) is 19.9 Å². The Morgan fingerprint density at radius 2 is 1.68 bits per heavy atom. The van der Waals surface area contributed by atoms with Gasteiger partial charge in [0.2, 0.25) is 16.0 Å². The summed E-state index contributed by atoms with van der Waals surface area (Å²) in [6.07, 6.45) is 4.14. The van der Waals surface area contributed by atoms with Gasteiger partial charge in [0, 0.05) is 45.1 Å². The lowest BCUT2D eigenvalue weighted by Gasteiger charge is -2.35. The SMILES string of the molecule is I.NC(=NCCc1ccc(S(N)(=O)=O)cc1)N1CCN(c2ncccn2)CC1. The topological polar surface area (TPSA) is 131 Å². The van der Waals surface area contributed by atoms with E-state index < -0.39 is 10.0 Å². The second-order valence-corrected chi connectivity index (χ2v) is 7.76. The van der Waals surface area contributed by atoms with Crippen LogP contribution >= 0.6 is 24.0 Å². The van der Waals surface area contributed by atoms with Crippen LogP contribution in [0.2, 0.25) is 0 Å². The number of hydrogen-bond donors (Lipinski definition) is 2. The van der Waals surface area contributed by atoms with Gasteiger partial charge < -0.3 is 15.5 Å². The number of aromatic nitrogens is 2. The second-order valence-electron chi connectivity index (χ2n) is 6.20. The molecule has 1 aliphatic rings. The predicted molar refractivity (Wildman–Crippen MR) is 119 cm³/mol. The predicted octanol–water partition coefficient (Wildman–Crippen LogP) is 0.421. The number of primary sulfonamides is 1. The van der Waals surface area contributed by atoms with Gasteiger partial charge in [-0.05, 0) is 30.2 Å². The number of sulfonamides is 1. The van der Waals surface area contributed by atoms with Gasteiger partial charge in [-0.2, -0.15) is 0 Å². The number of halogens is 1. The third kappa shape index (κ3) is 6.01. The van der Waals surface area contributed by atoms with Crippen molar-refractivity contribution in [2.24, 2.45) is 15.9 Å². The third-order valence-electron chi connectivity index (χ3n) is 4.36. The molecule has 0 aliphatic carbocycles. The number of nitrogens with two attached hydrogens (primary N) is 2. The molecule has 1 saturated heterocycles. The second kappa shape index (κ2) is 9.98. The van der Waals surface area contributed by atoms with Crippen LogP contribution in [0, 0.1) is 0 Å². The highest BCUT2D eigenvalue weighted by Crippen LogP contribution is 2.11. The van der Waals surface area contributed by atoms with E-state index in [0.717, 1.165) is 37.7 Å². The Morgan fingerprint density at radius 3 is 2.25 bits per heavy atom. The van der Waals surface area contributed by atoms with Gasteiger partial charge in [0.1, 0.15) is 0 Å². The van der Waals surface area contributed by atoms with Crippen molar-refractivity contribution in [2.45, 2.75) is 11.3 Å². The summed E-state index contributed by atoms with van der Waals surface area (Å²) in [5.74, 6) is 1.25.